The second kappa shape index (κ2) is 7.49. The lowest BCUT2D eigenvalue weighted by Crippen LogP contribution is -2.40. The third-order valence-corrected chi connectivity index (χ3v) is 3.12. The highest BCUT2D eigenvalue weighted by Gasteiger charge is 2.19. The van der Waals surface area contributed by atoms with Crippen LogP contribution in [0, 0.1) is 5.92 Å². The number of carbonyl (C=O) groups excluding carboxylic acids is 2. The summed E-state index contributed by atoms with van der Waals surface area (Å²) in [5, 5.41) is 5.26. The average Bonchev–Trinajstić information content (AvgIpc) is 2.45. The number of anilines is 2. The molecule has 1 unspecified atom stereocenters. The number of nitrogens with one attached hydrogen (secondary N) is 2. The van der Waals surface area contributed by atoms with Gasteiger partial charge < -0.3 is 15.8 Å². The van der Waals surface area contributed by atoms with Crippen LogP contribution in [-0.2, 0) is 9.53 Å². The molecular formula is C14H21N3O3. The lowest BCUT2D eigenvalue weighted by Gasteiger charge is -2.18. The van der Waals surface area contributed by atoms with Crippen LogP contribution in [0.15, 0.2) is 24.3 Å². The molecule has 0 bridgehead atoms. The van der Waals surface area contributed by atoms with E-state index in [1.165, 1.54) is 7.11 Å². The molecule has 1 rings (SSSR count). The smallest absolute Gasteiger partial charge is 0.411 e. The Morgan fingerprint density at radius 2 is 1.90 bits per heavy atom. The third-order valence-electron chi connectivity index (χ3n) is 3.12. The van der Waals surface area contributed by atoms with Crippen molar-refractivity contribution < 1.29 is 14.3 Å². The first-order chi connectivity index (χ1) is 9.47. The molecule has 6 heteroatoms. The van der Waals surface area contributed by atoms with E-state index >= 15 is 0 Å². The Labute approximate surface area is 118 Å². The maximum atomic E-state index is 12.0. The second-order valence-corrected chi connectivity index (χ2v) is 4.60. The molecule has 0 spiro atoms. The van der Waals surface area contributed by atoms with Crippen LogP contribution in [-0.4, -0.2) is 25.2 Å². The molecule has 0 saturated heterocycles. The monoisotopic (exact) mass is 279 g/mol. The largest absolute Gasteiger partial charge is 0.453 e. The number of nitrogens with two attached hydrogens (primary N) is 1. The number of hydrogen-bond donors (Lipinski definition) is 3. The Balaban J connectivity index is 2.71. The SMILES string of the molecule is CCC(C)[C@H](N)C(=O)Nc1cccc(NC(=O)OC)c1. The average molecular weight is 279 g/mol. The number of carbonyl (C=O) groups is 2. The molecule has 0 aromatic heterocycles. The minimum Gasteiger partial charge on any atom is -0.453 e. The van der Waals surface area contributed by atoms with Gasteiger partial charge in [-0.3, -0.25) is 10.1 Å². The molecule has 1 aromatic carbocycles. The molecule has 0 fully saturated rings. The highest BCUT2D eigenvalue weighted by Crippen LogP contribution is 2.16. The van der Waals surface area contributed by atoms with Gasteiger partial charge in [0.15, 0.2) is 0 Å². The standard InChI is InChI=1S/C14H21N3O3/c1-4-9(2)12(15)13(18)16-10-6-5-7-11(8-10)17-14(19)20-3/h5-9,12H,4,15H2,1-3H3,(H,16,18)(H,17,19)/t9?,12-/m0/s1. The van der Waals surface area contributed by atoms with E-state index in [0.717, 1.165) is 6.42 Å². The highest BCUT2D eigenvalue weighted by atomic mass is 16.5. The molecule has 0 radical (unpaired) electrons. The van der Waals surface area contributed by atoms with E-state index in [1.54, 1.807) is 24.3 Å². The Morgan fingerprint density at radius 1 is 1.30 bits per heavy atom. The fourth-order valence-corrected chi connectivity index (χ4v) is 1.58. The Kier molecular flexibility index (Phi) is 5.99. The van der Waals surface area contributed by atoms with Crippen molar-refractivity contribution in [1.82, 2.24) is 0 Å². The summed E-state index contributed by atoms with van der Waals surface area (Å²) in [6.07, 6.45) is 0.267. The van der Waals surface area contributed by atoms with E-state index < -0.39 is 12.1 Å². The molecule has 0 aliphatic rings. The summed E-state index contributed by atoms with van der Waals surface area (Å²) in [7, 11) is 1.28. The van der Waals surface area contributed by atoms with E-state index in [9.17, 15) is 9.59 Å². The van der Waals surface area contributed by atoms with Crippen LogP contribution in [0.1, 0.15) is 20.3 Å². The minimum atomic E-state index is -0.565. The van der Waals surface area contributed by atoms with E-state index in [1.807, 2.05) is 13.8 Å². The van der Waals surface area contributed by atoms with Gasteiger partial charge in [-0.05, 0) is 24.1 Å². The predicted octanol–water partition coefficient (Wildman–Crippen LogP) is 2.18. The van der Waals surface area contributed by atoms with Crippen LogP contribution in [0.2, 0.25) is 0 Å². The van der Waals surface area contributed by atoms with Crippen LogP contribution in [0.3, 0.4) is 0 Å². The zero-order chi connectivity index (χ0) is 15.1. The molecule has 0 heterocycles. The summed E-state index contributed by atoms with van der Waals surface area (Å²) >= 11 is 0. The van der Waals surface area contributed by atoms with E-state index in [4.69, 9.17) is 5.73 Å². The molecule has 0 saturated carbocycles. The van der Waals surface area contributed by atoms with Crippen molar-refractivity contribution in [3.8, 4) is 0 Å². The summed E-state index contributed by atoms with van der Waals surface area (Å²) in [5.41, 5.74) is 6.96. The van der Waals surface area contributed by atoms with Crippen molar-refractivity contribution >= 4 is 23.4 Å². The maximum Gasteiger partial charge on any atom is 0.411 e. The Bertz CT molecular complexity index is 476. The van der Waals surface area contributed by atoms with Gasteiger partial charge in [0.25, 0.3) is 0 Å². The Morgan fingerprint density at radius 3 is 2.45 bits per heavy atom. The van der Waals surface area contributed by atoms with E-state index in [-0.39, 0.29) is 11.8 Å². The van der Waals surface area contributed by atoms with Crippen molar-refractivity contribution in [2.75, 3.05) is 17.7 Å². The summed E-state index contributed by atoms with van der Waals surface area (Å²) in [4.78, 5) is 23.1. The predicted molar refractivity (Wildman–Crippen MR) is 78.5 cm³/mol. The van der Waals surface area contributed by atoms with Gasteiger partial charge in [0.05, 0.1) is 13.2 Å². The summed E-state index contributed by atoms with van der Waals surface area (Å²) in [6, 6.07) is 6.22. The third kappa shape index (κ3) is 4.55. The van der Waals surface area contributed by atoms with Crippen molar-refractivity contribution in [3.05, 3.63) is 24.3 Å². The zero-order valence-electron chi connectivity index (χ0n) is 12.0. The van der Waals surface area contributed by atoms with Gasteiger partial charge in [-0.1, -0.05) is 26.3 Å². The van der Waals surface area contributed by atoms with E-state index in [0.29, 0.717) is 11.4 Å². The van der Waals surface area contributed by atoms with Gasteiger partial charge in [0.1, 0.15) is 0 Å². The fourth-order valence-electron chi connectivity index (χ4n) is 1.58. The molecule has 1 aromatic rings. The van der Waals surface area contributed by atoms with Gasteiger partial charge >= 0.3 is 6.09 Å². The van der Waals surface area contributed by atoms with Crippen molar-refractivity contribution in [1.29, 1.82) is 0 Å². The van der Waals surface area contributed by atoms with Crippen molar-refractivity contribution in [2.24, 2.45) is 11.7 Å². The molecule has 2 amide bonds. The van der Waals surface area contributed by atoms with Crippen LogP contribution in [0.25, 0.3) is 0 Å². The maximum absolute atomic E-state index is 12.0. The van der Waals surface area contributed by atoms with E-state index in [2.05, 4.69) is 15.4 Å². The molecule has 0 aliphatic heterocycles. The molecule has 2 atom stereocenters. The lowest BCUT2D eigenvalue weighted by molar-refractivity contribution is -0.118. The van der Waals surface area contributed by atoms with Gasteiger partial charge in [-0.2, -0.15) is 0 Å². The fraction of sp³-hybridized carbons (Fsp3) is 0.429. The summed E-state index contributed by atoms with van der Waals surface area (Å²) < 4.78 is 4.50. The topological polar surface area (TPSA) is 93.5 Å². The summed E-state index contributed by atoms with van der Waals surface area (Å²) in [5.74, 6) is -0.138. The first kappa shape index (κ1) is 16.0. The summed E-state index contributed by atoms with van der Waals surface area (Å²) in [6.45, 7) is 3.91. The normalized spacial score (nSPS) is 13.2. The van der Waals surface area contributed by atoms with Crippen LogP contribution in [0.5, 0.6) is 0 Å². The van der Waals surface area contributed by atoms with Crippen LogP contribution < -0.4 is 16.4 Å². The lowest BCUT2D eigenvalue weighted by atomic mass is 9.99. The number of ether oxygens (including phenoxy) is 1. The van der Waals surface area contributed by atoms with Crippen molar-refractivity contribution in [3.63, 3.8) is 0 Å². The zero-order valence-corrected chi connectivity index (χ0v) is 12.0. The first-order valence-electron chi connectivity index (χ1n) is 6.49. The van der Waals surface area contributed by atoms with Gasteiger partial charge in [-0.25, -0.2) is 4.79 Å². The quantitative estimate of drug-likeness (QED) is 0.770. The molecule has 6 nitrogen and oxygen atoms in total. The number of benzene rings is 1. The van der Waals surface area contributed by atoms with Gasteiger partial charge in [0, 0.05) is 11.4 Å². The van der Waals surface area contributed by atoms with Gasteiger partial charge in [-0.15, -0.1) is 0 Å². The number of amides is 2. The van der Waals surface area contributed by atoms with Crippen molar-refractivity contribution in [2.45, 2.75) is 26.3 Å². The number of hydrogen-bond acceptors (Lipinski definition) is 4. The first-order valence-corrected chi connectivity index (χ1v) is 6.49. The second-order valence-electron chi connectivity index (χ2n) is 4.60. The number of rotatable bonds is 5. The highest BCUT2D eigenvalue weighted by molar-refractivity contribution is 5.95. The molecule has 110 valence electrons. The Hall–Kier alpha value is -2.08. The van der Waals surface area contributed by atoms with Crippen LogP contribution >= 0.6 is 0 Å². The van der Waals surface area contributed by atoms with Gasteiger partial charge in [0.2, 0.25) is 5.91 Å². The number of methoxy groups -OCH3 is 1. The van der Waals surface area contributed by atoms with Crippen LogP contribution in [0.4, 0.5) is 16.2 Å². The molecule has 20 heavy (non-hydrogen) atoms. The minimum absolute atomic E-state index is 0.103. The molecule has 4 N–H and O–H groups in total. The molecule has 0 aliphatic carbocycles. The molecular weight excluding hydrogens is 258 g/mol.